The highest BCUT2D eigenvalue weighted by Gasteiger charge is 2.05. The van der Waals surface area contributed by atoms with Gasteiger partial charge in [-0.05, 0) is 19.1 Å². The third kappa shape index (κ3) is 4.75. The second-order valence-electron chi connectivity index (χ2n) is 4.47. The highest BCUT2D eigenvalue weighted by atomic mass is 32.1. The zero-order valence-electron chi connectivity index (χ0n) is 11.5. The van der Waals surface area contributed by atoms with Gasteiger partial charge in [-0.2, -0.15) is 0 Å². The molecule has 0 radical (unpaired) electrons. The van der Waals surface area contributed by atoms with E-state index >= 15 is 0 Å². The van der Waals surface area contributed by atoms with Crippen molar-refractivity contribution in [3.8, 4) is 0 Å². The smallest absolute Gasteiger partial charge is 0.316 e. The van der Waals surface area contributed by atoms with Crippen molar-refractivity contribution >= 4 is 28.9 Å². The van der Waals surface area contributed by atoms with Crippen molar-refractivity contribution < 1.29 is 4.79 Å². The van der Waals surface area contributed by atoms with Crippen LogP contribution in [0.5, 0.6) is 0 Å². The van der Waals surface area contributed by atoms with Crippen LogP contribution in [0.2, 0.25) is 0 Å². The molecule has 0 heterocycles. The van der Waals surface area contributed by atoms with Crippen LogP contribution in [-0.4, -0.2) is 43.1 Å². The van der Waals surface area contributed by atoms with Crippen LogP contribution in [0, 0.1) is 6.92 Å². The van der Waals surface area contributed by atoms with Crippen molar-refractivity contribution in [2.24, 2.45) is 5.73 Å². The number of nitrogens with one attached hydrogen (secondary N) is 2. The Kier molecular flexibility index (Phi) is 5.57. The molecule has 0 saturated carbocycles. The number of carbonyl (C=O) groups excluding carboxylic acids is 1. The number of anilines is 1. The maximum Gasteiger partial charge on any atom is 0.316 e. The van der Waals surface area contributed by atoms with Crippen LogP contribution < -0.4 is 16.4 Å². The Hall–Kier alpha value is -1.82. The number of rotatable bonds is 5. The van der Waals surface area contributed by atoms with Crippen LogP contribution >= 0.6 is 12.2 Å². The number of hydrogen-bond donors (Lipinski definition) is 3. The first kappa shape index (κ1) is 15.2. The monoisotopic (exact) mass is 280 g/mol. The summed E-state index contributed by atoms with van der Waals surface area (Å²) in [6.45, 7) is 3.13. The first-order valence-electron chi connectivity index (χ1n) is 6.01. The maximum atomic E-state index is 11.3. The number of carbonyl (C=O) groups is 1. The van der Waals surface area contributed by atoms with Crippen LogP contribution in [0.4, 0.5) is 10.5 Å². The number of amides is 2. The topological polar surface area (TPSA) is 70.4 Å². The summed E-state index contributed by atoms with van der Waals surface area (Å²) >= 11 is 5.03. The van der Waals surface area contributed by atoms with Crippen molar-refractivity contribution in [1.29, 1.82) is 0 Å². The number of nitrogens with two attached hydrogens (primary N) is 1. The van der Waals surface area contributed by atoms with Crippen LogP contribution in [0.25, 0.3) is 0 Å². The molecular weight excluding hydrogens is 260 g/mol. The normalized spacial score (nSPS) is 9.84. The van der Waals surface area contributed by atoms with Crippen molar-refractivity contribution in [1.82, 2.24) is 10.2 Å². The van der Waals surface area contributed by atoms with Gasteiger partial charge in [0, 0.05) is 38.4 Å². The molecule has 0 spiro atoms. The first-order chi connectivity index (χ1) is 8.91. The third-order valence-corrected chi connectivity index (χ3v) is 2.78. The van der Waals surface area contributed by atoms with Gasteiger partial charge in [0.1, 0.15) is 4.99 Å². The second-order valence-corrected chi connectivity index (χ2v) is 4.91. The van der Waals surface area contributed by atoms with E-state index in [0.29, 0.717) is 18.1 Å². The van der Waals surface area contributed by atoms with Crippen LogP contribution in [0.1, 0.15) is 11.1 Å². The van der Waals surface area contributed by atoms with Gasteiger partial charge in [0.25, 0.3) is 0 Å². The quantitative estimate of drug-likeness (QED) is 0.562. The Balaban J connectivity index is 2.54. The first-order valence-corrected chi connectivity index (χ1v) is 6.42. The molecule has 5 nitrogen and oxygen atoms in total. The zero-order chi connectivity index (χ0) is 14.4. The molecule has 1 rings (SSSR count). The maximum absolute atomic E-state index is 11.3. The lowest BCUT2D eigenvalue weighted by Gasteiger charge is -2.14. The molecule has 0 unspecified atom stereocenters. The van der Waals surface area contributed by atoms with Crippen LogP contribution in [-0.2, 0) is 0 Å². The van der Waals surface area contributed by atoms with Gasteiger partial charge in [0.2, 0.25) is 0 Å². The van der Waals surface area contributed by atoms with E-state index in [-0.39, 0.29) is 6.03 Å². The zero-order valence-corrected chi connectivity index (χ0v) is 12.3. The molecule has 0 aromatic heterocycles. The fourth-order valence-electron chi connectivity index (χ4n) is 1.54. The summed E-state index contributed by atoms with van der Waals surface area (Å²) in [5.74, 6) is 0. The minimum absolute atomic E-state index is 0.111. The minimum atomic E-state index is -0.111. The summed E-state index contributed by atoms with van der Waals surface area (Å²) in [6.07, 6.45) is 0. The van der Waals surface area contributed by atoms with Crippen molar-refractivity contribution in [3.05, 3.63) is 29.3 Å². The van der Waals surface area contributed by atoms with Crippen LogP contribution in [0.15, 0.2) is 18.2 Å². The molecule has 0 bridgehead atoms. The van der Waals surface area contributed by atoms with E-state index in [2.05, 4.69) is 10.6 Å². The molecule has 2 amide bonds. The molecule has 19 heavy (non-hydrogen) atoms. The van der Waals surface area contributed by atoms with E-state index < -0.39 is 0 Å². The number of hydrogen-bond acceptors (Lipinski definition) is 3. The van der Waals surface area contributed by atoms with Crippen molar-refractivity contribution in [2.75, 3.05) is 32.5 Å². The lowest BCUT2D eigenvalue weighted by Crippen LogP contribution is -2.37. The van der Waals surface area contributed by atoms with Gasteiger partial charge in [0.05, 0.1) is 0 Å². The summed E-state index contributed by atoms with van der Waals surface area (Å²) < 4.78 is 0. The highest BCUT2D eigenvalue weighted by Crippen LogP contribution is 2.16. The Labute approximate surface area is 119 Å². The van der Waals surface area contributed by atoms with E-state index in [1.807, 2.05) is 25.1 Å². The van der Waals surface area contributed by atoms with Gasteiger partial charge >= 0.3 is 6.03 Å². The van der Waals surface area contributed by atoms with Crippen LogP contribution in [0.3, 0.4) is 0 Å². The van der Waals surface area contributed by atoms with Gasteiger partial charge in [-0.25, -0.2) is 4.79 Å². The summed E-state index contributed by atoms with van der Waals surface area (Å²) in [6, 6.07) is 5.77. The number of nitrogens with zero attached hydrogens (tertiary/aromatic N) is 1. The van der Waals surface area contributed by atoms with Gasteiger partial charge < -0.3 is 21.3 Å². The van der Waals surface area contributed by atoms with E-state index in [1.165, 1.54) is 4.90 Å². The van der Waals surface area contributed by atoms with E-state index in [4.69, 9.17) is 18.0 Å². The molecule has 0 aliphatic rings. The third-order valence-electron chi connectivity index (χ3n) is 2.56. The average molecular weight is 280 g/mol. The van der Waals surface area contributed by atoms with Gasteiger partial charge in [0.15, 0.2) is 0 Å². The summed E-state index contributed by atoms with van der Waals surface area (Å²) in [4.78, 5) is 13.2. The predicted molar refractivity (Wildman–Crippen MR) is 82.6 cm³/mol. The largest absolute Gasteiger partial charge is 0.389 e. The predicted octanol–water partition coefficient (Wildman–Crippen LogP) is 1.31. The number of benzene rings is 1. The molecule has 4 N–H and O–H groups in total. The Morgan fingerprint density at radius 2 is 2.05 bits per heavy atom. The average Bonchev–Trinajstić information content (AvgIpc) is 2.35. The lowest BCUT2D eigenvalue weighted by molar-refractivity contribution is 0.218. The molecule has 6 heteroatoms. The molecule has 104 valence electrons. The van der Waals surface area contributed by atoms with Crippen molar-refractivity contribution in [3.63, 3.8) is 0 Å². The Morgan fingerprint density at radius 3 is 2.63 bits per heavy atom. The standard InChI is InChI=1S/C13H20N4OS/c1-9-4-5-11(10(8-9)12(14)19)15-6-7-16-13(18)17(2)3/h4-5,8,15H,6-7H2,1-3H3,(H2,14,19)(H,16,18). The van der Waals surface area contributed by atoms with Gasteiger partial charge in [-0.15, -0.1) is 0 Å². The molecule has 0 aliphatic carbocycles. The van der Waals surface area contributed by atoms with E-state index in [1.54, 1.807) is 14.1 Å². The molecule has 0 atom stereocenters. The van der Waals surface area contributed by atoms with Gasteiger partial charge in [-0.3, -0.25) is 0 Å². The highest BCUT2D eigenvalue weighted by molar-refractivity contribution is 7.80. The van der Waals surface area contributed by atoms with Crippen molar-refractivity contribution in [2.45, 2.75) is 6.92 Å². The summed E-state index contributed by atoms with van der Waals surface area (Å²) in [7, 11) is 3.40. The SMILES string of the molecule is Cc1ccc(NCCNC(=O)N(C)C)c(C(N)=S)c1. The Morgan fingerprint density at radius 1 is 1.37 bits per heavy atom. The summed E-state index contributed by atoms with van der Waals surface area (Å²) in [5.41, 5.74) is 8.51. The molecule has 0 aliphatic heterocycles. The number of aryl methyl sites for hydroxylation is 1. The fourth-order valence-corrected chi connectivity index (χ4v) is 1.71. The Bertz CT molecular complexity index is 474. The second kappa shape index (κ2) is 6.94. The van der Waals surface area contributed by atoms with Gasteiger partial charge in [-0.1, -0.05) is 23.8 Å². The molecule has 1 aromatic rings. The molecule has 0 fully saturated rings. The number of urea groups is 1. The summed E-state index contributed by atoms with van der Waals surface area (Å²) in [5, 5.41) is 5.99. The van der Waals surface area contributed by atoms with E-state index in [9.17, 15) is 4.79 Å². The number of thiocarbonyl (C=S) groups is 1. The fraction of sp³-hybridized carbons (Fsp3) is 0.385. The minimum Gasteiger partial charge on any atom is -0.389 e. The van der Waals surface area contributed by atoms with E-state index in [0.717, 1.165) is 16.8 Å². The molecule has 0 saturated heterocycles. The molecular formula is C13H20N4OS. The molecule has 1 aromatic carbocycles. The lowest BCUT2D eigenvalue weighted by atomic mass is 10.1.